The van der Waals surface area contributed by atoms with E-state index in [2.05, 4.69) is 198 Å². The first kappa shape index (κ1) is 33.3. The van der Waals surface area contributed by atoms with Crippen molar-refractivity contribution in [2.75, 3.05) is 4.90 Å². The summed E-state index contributed by atoms with van der Waals surface area (Å²) in [5.74, 6) is 2.72. The summed E-state index contributed by atoms with van der Waals surface area (Å²) >= 11 is 0. The Morgan fingerprint density at radius 3 is 1.75 bits per heavy atom. The Kier molecular flexibility index (Phi) is 7.41. The minimum atomic E-state index is -0.558. The van der Waals surface area contributed by atoms with Gasteiger partial charge in [-0.25, -0.2) is 0 Å². The third-order valence-electron chi connectivity index (χ3n) is 12.1. The van der Waals surface area contributed by atoms with Gasteiger partial charge in [0.15, 0.2) is 23.0 Å². The molecular formula is C55H36N2O2. The summed E-state index contributed by atoms with van der Waals surface area (Å²) in [5.41, 5.74) is 13.2. The molecule has 59 heavy (non-hydrogen) atoms. The molecule has 278 valence electrons. The van der Waals surface area contributed by atoms with Gasteiger partial charge in [0.25, 0.3) is 0 Å². The molecule has 9 aromatic carbocycles. The second-order valence-electron chi connectivity index (χ2n) is 15.2. The third kappa shape index (κ3) is 4.96. The molecule has 2 heterocycles. The van der Waals surface area contributed by atoms with Gasteiger partial charge in [0, 0.05) is 27.8 Å². The van der Waals surface area contributed by atoms with E-state index in [-0.39, 0.29) is 0 Å². The van der Waals surface area contributed by atoms with E-state index < -0.39 is 5.41 Å². The topological polar surface area (TPSA) is 26.6 Å². The largest absolute Gasteiger partial charge is 0.449 e. The lowest BCUT2D eigenvalue weighted by Crippen LogP contribution is -2.28. The van der Waals surface area contributed by atoms with E-state index in [1.54, 1.807) is 0 Å². The Morgan fingerprint density at radius 1 is 0.390 bits per heavy atom. The predicted molar refractivity (Wildman–Crippen MR) is 239 cm³/mol. The molecule has 1 aromatic heterocycles. The zero-order valence-corrected chi connectivity index (χ0v) is 32.0. The number of para-hydroxylation sites is 5. The minimum Gasteiger partial charge on any atom is -0.449 e. The van der Waals surface area contributed by atoms with Crippen LogP contribution in [0, 0.1) is 0 Å². The lowest BCUT2D eigenvalue weighted by Gasteiger charge is -2.35. The van der Waals surface area contributed by atoms with Gasteiger partial charge in [0.1, 0.15) is 0 Å². The molecule has 1 aliphatic heterocycles. The van der Waals surface area contributed by atoms with Gasteiger partial charge in [-0.3, -0.25) is 0 Å². The number of anilines is 3. The third-order valence-corrected chi connectivity index (χ3v) is 12.1. The Morgan fingerprint density at radius 2 is 0.966 bits per heavy atom. The van der Waals surface area contributed by atoms with Crippen LogP contribution in [0.2, 0.25) is 0 Å². The molecule has 4 nitrogen and oxygen atoms in total. The highest BCUT2D eigenvalue weighted by Crippen LogP contribution is 2.58. The number of benzene rings is 9. The fraction of sp³-hybridized carbons (Fsp3) is 0.0182. The van der Waals surface area contributed by atoms with Crippen LogP contribution in [0.15, 0.2) is 218 Å². The van der Waals surface area contributed by atoms with Crippen LogP contribution in [-0.4, -0.2) is 4.57 Å². The molecule has 0 radical (unpaired) electrons. The fourth-order valence-electron chi connectivity index (χ4n) is 9.66. The van der Waals surface area contributed by atoms with Crippen molar-refractivity contribution in [3.8, 4) is 39.8 Å². The second-order valence-corrected chi connectivity index (χ2v) is 15.2. The molecule has 0 spiro atoms. The Balaban J connectivity index is 1.14. The Hall–Kier alpha value is -7.82. The maximum absolute atomic E-state index is 6.80. The highest BCUT2D eigenvalue weighted by atomic mass is 16.6. The quantitative estimate of drug-likeness (QED) is 0.169. The molecule has 0 saturated heterocycles. The van der Waals surface area contributed by atoms with Crippen LogP contribution in [0.4, 0.5) is 17.1 Å². The molecule has 0 atom stereocenters. The maximum atomic E-state index is 6.80. The van der Waals surface area contributed by atoms with Crippen molar-refractivity contribution in [1.82, 2.24) is 4.57 Å². The molecule has 2 aliphatic rings. The average Bonchev–Trinajstić information content (AvgIpc) is 3.80. The number of nitrogens with zero attached hydrogens (tertiary/aromatic N) is 2. The molecule has 10 aromatic rings. The van der Waals surface area contributed by atoms with Crippen molar-refractivity contribution in [3.63, 3.8) is 0 Å². The molecule has 4 heteroatoms. The van der Waals surface area contributed by atoms with E-state index in [9.17, 15) is 0 Å². The lowest BCUT2D eigenvalue weighted by atomic mass is 9.67. The molecule has 0 saturated carbocycles. The zero-order valence-electron chi connectivity index (χ0n) is 32.0. The molecule has 0 unspecified atom stereocenters. The number of fused-ring (bicyclic) bond motifs is 8. The van der Waals surface area contributed by atoms with Crippen LogP contribution in [0.25, 0.3) is 38.6 Å². The Bertz CT molecular complexity index is 3190. The van der Waals surface area contributed by atoms with Gasteiger partial charge in [-0.1, -0.05) is 146 Å². The first-order valence-electron chi connectivity index (χ1n) is 20.1. The molecular weight excluding hydrogens is 721 g/mol. The van der Waals surface area contributed by atoms with Gasteiger partial charge < -0.3 is 18.9 Å². The zero-order chi connectivity index (χ0) is 38.9. The van der Waals surface area contributed by atoms with Crippen molar-refractivity contribution in [2.45, 2.75) is 5.41 Å². The van der Waals surface area contributed by atoms with Crippen molar-refractivity contribution in [2.24, 2.45) is 0 Å². The SMILES string of the molecule is c1ccc(-n2c3ccccc3c3cc(N(c4ccc5c(c4)C(c4ccccc4)(c4ccccc4)c4ccccc4-5)c4cccc5c4Oc4ccccc4O5)ccc32)cc1. The first-order chi connectivity index (χ1) is 29.3. The summed E-state index contributed by atoms with van der Waals surface area (Å²) < 4.78 is 15.7. The average molecular weight is 757 g/mol. The van der Waals surface area contributed by atoms with Gasteiger partial charge >= 0.3 is 0 Å². The van der Waals surface area contributed by atoms with E-state index in [4.69, 9.17) is 9.47 Å². The predicted octanol–water partition coefficient (Wildman–Crippen LogP) is 14.5. The van der Waals surface area contributed by atoms with Crippen molar-refractivity contribution in [1.29, 1.82) is 0 Å². The van der Waals surface area contributed by atoms with E-state index in [1.807, 2.05) is 30.3 Å². The second kappa shape index (κ2) is 13.1. The smallest absolute Gasteiger partial charge is 0.194 e. The van der Waals surface area contributed by atoms with Crippen molar-refractivity contribution in [3.05, 3.63) is 241 Å². The summed E-state index contributed by atoms with van der Waals surface area (Å²) in [6, 6.07) is 78.0. The lowest BCUT2D eigenvalue weighted by molar-refractivity contribution is 0.360. The van der Waals surface area contributed by atoms with Crippen LogP contribution >= 0.6 is 0 Å². The molecule has 0 bridgehead atoms. The van der Waals surface area contributed by atoms with Gasteiger partial charge in [-0.15, -0.1) is 0 Å². The van der Waals surface area contributed by atoms with Gasteiger partial charge in [-0.05, 0) is 106 Å². The standard InChI is InChI=1S/C55H36N2O2/c1-4-17-37(18-5-1)55(38-19-6-2-7-20-38)46-25-12-10-23-42(46)43-33-31-41(36-47(43)55)56(50-27-16-30-53-54(50)59-52-29-15-14-28-51(52)58-53)40-32-34-49-45(35-40)44-24-11-13-26-48(44)57(49)39-21-8-3-9-22-39/h1-36H. The molecule has 0 amide bonds. The molecule has 1 aliphatic carbocycles. The van der Waals surface area contributed by atoms with Crippen LogP contribution in [-0.2, 0) is 5.41 Å². The van der Waals surface area contributed by atoms with E-state index in [1.165, 1.54) is 38.8 Å². The van der Waals surface area contributed by atoms with Gasteiger partial charge in [-0.2, -0.15) is 0 Å². The summed E-state index contributed by atoms with van der Waals surface area (Å²) in [6.07, 6.45) is 0. The fourth-order valence-corrected chi connectivity index (χ4v) is 9.66. The maximum Gasteiger partial charge on any atom is 0.194 e. The van der Waals surface area contributed by atoms with Crippen LogP contribution in [0.1, 0.15) is 22.3 Å². The monoisotopic (exact) mass is 756 g/mol. The molecule has 12 rings (SSSR count). The van der Waals surface area contributed by atoms with Crippen LogP contribution in [0.5, 0.6) is 23.0 Å². The molecule has 0 fully saturated rings. The number of aromatic nitrogens is 1. The summed E-state index contributed by atoms with van der Waals surface area (Å²) in [7, 11) is 0. The summed E-state index contributed by atoms with van der Waals surface area (Å²) in [6.45, 7) is 0. The number of rotatable bonds is 6. The van der Waals surface area contributed by atoms with Crippen molar-refractivity contribution >= 4 is 38.9 Å². The first-order valence-corrected chi connectivity index (χ1v) is 20.1. The van der Waals surface area contributed by atoms with Crippen molar-refractivity contribution < 1.29 is 9.47 Å². The number of ether oxygens (including phenoxy) is 2. The number of hydrogen-bond acceptors (Lipinski definition) is 3. The van der Waals surface area contributed by atoms with E-state index in [0.717, 1.165) is 39.2 Å². The van der Waals surface area contributed by atoms with Crippen LogP contribution in [0.3, 0.4) is 0 Å². The van der Waals surface area contributed by atoms with Gasteiger partial charge in [0.05, 0.1) is 22.1 Å². The van der Waals surface area contributed by atoms with Gasteiger partial charge in [0.2, 0.25) is 0 Å². The Labute approximate surface area is 342 Å². The highest BCUT2D eigenvalue weighted by molar-refractivity contribution is 6.11. The molecule has 0 N–H and O–H groups in total. The highest BCUT2D eigenvalue weighted by Gasteiger charge is 2.46. The van der Waals surface area contributed by atoms with E-state index in [0.29, 0.717) is 23.0 Å². The van der Waals surface area contributed by atoms with E-state index >= 15 is 0 Å². The minimum absolute atomic E-state index is 0.558. The normalized spacial score (nSPS) is 13.2. The van der Waals surface area contributed by atoms with Crippen LogP contribution < -0.4 is 14.4 Å². The summed E-state index contributed by atoms with van der Waals surface area (Å²) in [4.78, 5) is 2.34. The summed E-state index contributed by atoms with van der Waals surface area (Å²) in [5, 5.41) is 2.35. The number of hydrogen-bond donors (Lipinski definition) is 0.